The largest absolute Gasteiger partial charge is 0.377 e. The number of alkyl halides is 1. The van der Waals surface area contributed by atoms with Gasteiger partial charge in [-0.2, -0.15) is 0 Å². The number of benzene rings is 3. The van der Waals surface area contributed by atoms with Crippen LogP contribution in [0.3, 0.4) is 0 Å². The van der Waals surface area contributed by atoms with Gasteiger partial charge in [0.15, 0.2) is 0 Å². The minimum atomic E-state index is -0.328. The molecule has 1 aliphatic carbocycles. The minimum Gasteiger partial charge on any atom is -0.377 e. The number of nitro benzene ring substituents is 1. The van der Waals surface area contributed by atoms with Gasteiger partial charge in [0.05, 0.1) is 32.5 Å². The van der Waals surface area contributed by atoms with Crippen molar-refractivity contribution in [1.82, 2.24) is 4.90 Å². The Kier molecular flexibility index (Phi) is 7.14. The summed E-state index contributed by atoms with van der Waals surface area (Å²) in [5, 5.41) is 15.2. The van der Waals surface area contributed by atoms with Crippen LogP contribution in [0.4, 0.5) is 11.4 Å². The van der Waals surface area contributed by atoms with E-state index in [1.165, 1.54) is 11.8 Å². The second-order valence-electron chi connectivity index (χ2n) is 10.2. The van der Waals surface area contributed by atoms with E-state index >= 15 is 0 Å². The molecule has 2 aliphatic heterocycles. The van der Waals surface area contributed by atoms with Gasteiger partial charge in [0.2, 0.25) is 0 Å². The standard InChI is InChI=1S/C29H27BrClN3O3S/c30-18-12-10-17(11-13-18)27-21-16-24(38-23-9-2-1-8-22(23)34(36)37)26(31)25(21)19-6-5-7-20(28(19)32-27)29(35)33-14-3-4-15-33/h1-2,5-13,21,24-27,32H,3-4,14-16H2/t21-,24+,25-,26+,27-/m0/s1. The number of hydrogen-bond acceptors (Lipinski definition) is 5. The number of rotatable bonds is 5. The quantitative estimate of drug-likeness (QED) is 0.182. The van der Waals surface area contributed by atoms with Crippen LogP contribution in [0.2, 0.25) is 0 Å². The van der Waals surface area contributed by atoms with Gasteiger partial charge in [-0.3, -0.25) is 14.9 Å². The molecule has 1 amide bonds. The third-order valence-corrected chi connectivity index (χ3v) is 10.7. The third-order valence-electron chi connectivity index (χ3n) is 8.04. The van der Waals surface area contributed by atoms with Gasteiger partial charge in [-0.05, 0) is 60.6 Å². The predicted molar refractivity (Wildman–Crippen MR) is 155 cm³/mol. The number of carbonyl (C=O) groups is 1. The maximum Gasteiger partial charge on any atom is 0.282 e. The van der Waals surface area contributed by atoms with Crippen molar-refractivity contribution >= 4 is 56.6 Å². The number of nitro groups is 1. The number of likely N-dealkylation sites (tertiary alicyclic amines) is 1. The van der Waals surface area contributed by atoms with Gasteiger partial charge in [-0.15, -0.1) is 23.4 Å². The van der Waals surface area contributed by atoms with Gasteiger partial charge in [0.25, 0.3) is 11.6 Å². The van der Waals surface area contributed by atoms with Crippen molar-refractivity contribution in [2.24, 2.45) is 5.92 Å². The molecule has 0 aromatic heterocycles. The normalized spacial score (nSPS) is 25.9. The van der Waals surface area contributed by atoms with Gasteiger partial charge < -0.3 is 10.2 Å². The summed E-state index contributed by atoms with van der Waals surface area (Å²) in [6.45, 7) is 1.58. The Morgan fingerprint density at radius 3 is 2.53 bits per heavy atom. The molecule has 1 saturated heterocycles. The first-order valence-corrected chi connectivity index (χ1v) is 15.0. The highest BCUT2D eigenvalue weighted by Crippen LogP contribution is 2.58. The van der Waals surface area contributed by atoms with Crippen molar-refractivity contribution in [3.8, 4) is 0 Å². The topological polar surface area (TPSA) is 75.5 Å². The van der Waals surface area contributed by atoms with E-state index in [0.717, 1.165) is 53.6 Å². The first-order valence-electron chi connectivity index (χ1n) is 12.9. The highest BCUT2D eigenvalue weighted by Gasteiger charge is 2.51. The van der Waals surface area contributed by atoms with Crippen LogP contribution >= 0.6 is 39.3 Å². The maximum absolute atomic E-state index is 13.6. The van der Waals surface area contributed by atoms with Crippen LogP contribution < -0.4 is 5.32 Å². The van der Waals surface area contributed by atoms with E-state index in [1.54, 1.807) is 18.2 Å². The van der Waals surface area contributed by atoms with Gasteiger partial charge in [0.1, 0.15) is 0 Å². The van der Waals surface area contributed by atoms with Crippen molar-refractivity contribution in [1.29, 1.82) is 0 Å². The summed E-state index contributed by atoms with van der Waals surface area (Å²) in [5.74, 6) is 0.242. The molecule has 0 unspecified atom stereocenters. The fourth-order valence-corrected chi connectivity index (χ4v) is 8.49. The van der Waals surface area contributed by atoms with Crippen molar-refractivity contribution in [2.45, 2.75) is 46.7 Å². The van der Waals surface area contributed by atoms with Crippen LogP contribution in [0.25, 0.3) is 0 Å². The average Bonchev–Trinajstić information content (AvgIpc) is 3.57. The third kappa shape index (κ3) is 4.61. The van der Waals surface area contributed by atoms with Crippen molar-refractivity contribution in [2.75, 3.05) is 18.4 Å². The fraction of sp³-hybridized carbons (Fsp3) is 0.345. The van der Waals surface area contributed by atoms with Crippen LogP contribution in [-0.4, -0.2) is 39.4 Å². The molecule has 38 heavy (non-hydrogen) atoms. The summed E-state index contributed by atoms with van der Waals surface area (Å²) in [6, 6.07) is 21.1. The summed E-state index contributed by atoms with van der Waals surface area (Å²) >= 11 is 12.3. The van der Waals surface area contributed by atoms with E-state index in [-0.39, 0.29) is 45.0 Å². The molecule has 9 heteroatoms. The number of hydrogen-bond donors (Lipinski definition) is 1. The first-order chi connectivity index (χ1) is 18.4. The van der Waals surface area contributed by atoms with Crippen LogP contribution in [0.1, 0.15) is 52.7 Å². The maximum atomic E-state index is 13.6. The number of nitrogens with one attached hydrogen (secondary N) is 1. The molecule has 3 aromatic rings. The number of carbonyl (C=O) groups excluding carboxylic acids is 1. The molecule has 6 rings (SSSR count). The predicted octanol–water partition coefficient (Wildman–Crippen LogP) is 7.63. The molecular formula is C29H27BrClN3O3S. The summed E-state index contributed by atoms with van der Waals surface area (Å²) in [7, 11) is 0. The Morgan fingerprint density at radius 1 is 1.05 bits per heavy atom. The molecule has 2 heterocycles. The lowest BCUT2D eigenvalue weighted by Gasteiger charge is -2.39. The van der Waals surface area contributed by atoms with Crippen LogP contribution in [0, 0.1) is 16.0 Å². The minimum absolute atomic E-state index is 0.00756. The number of fused-ring (bicyclic) bond motifs is 3. The van der Waals surface area contributed by atoms with Crippen molar-refractivity contribution in [3.63, 3.8) is 0 Å². The number of anilines is 1. The number of para-hydroxylation sites is 2. The van der Waals surface area contributed by atoms with E-state index in [2.05, 4.69) is 39.4 Å². The van der Waals surface area contributed by atoms with E-state index in [0.29, 0.717) is 10.5 Å². The lowest BCUT2D eigenvalue weighted by Crippen LogP contribution is -2.34. The number of nitrogens with zero attached hydrogens (tertiary/aromatic N) is 2. The highest BCUT2D eigenvalue weighted by atomic mass is 79.9. The van der Waals surface area contributed by atoms with E-state index in [9.17, 15) is 14.9 Å². The molecular weight excluding hydrogens is 586 g/mol. The van der Waals surface area contributed by atoms with Gasteiger partial charge in [0, 0.05) is 34.8 Å². The lowest BCUT2D eigenvalue weighted by molar-refractivity contribution is -0.387. The molecule has 2 fully saturated rings. The molecule has 1 N–H and O–H groups in total. The Balaban J connectivity index is 1.41. The van der Waals surface area contributed by atoms with Gasteiger partial charge >= 0.3 is 0 Å². The van der Waals surface area contributed by atoms with Gasteiger partial charge in [-0.25, -0.2) is 0 Å². The molecule has 0 spiro atoms. The van der Waals surface area contributed by atoms with Crippen molar-refractivity contribution < 1.29 is 9.72 Å². The monoisotopic (exact) mass is 611 g/mol. The van der Waals surface area contributed by atoms with Crippen molar-refractivity contribution in [3.05, 3.63) is 98.0 Å². The molecule has 0 radical (unpaired) electrons. The van der Waals surface area contributed by atoms with Gasteiger partial charge in [-0.1, -0.05) is 52.3 Å². The molecule has 5 atom stereocenters. The average molecular weight is 613 g/mol. The van der Waals surface area contributed by atoms with E-state index in [1.807, 2.05) is 35.2 Å². The molecule has 6 nitrogen and oxygen atoms in total. The summed E-state index contributed by atoms with van der Waals surface area (Å²) in [5.41, 5.74) is 3.89. The zero-order valence-corrected chi connectivity index (χ0v) is 23.7. The Bertz CT molecular complexity index is 1380. The highest BCUT2D eigenvalue weighted by molar-refractivity contribution is 9.10. The van der Waals surface area contributed by atoms with Crippen LogP contribution in [-0.2, 0) is 0 Å². The number of thioether (sulfide) groups is 1. The van der Waals surface area contributed by atoms with E-state index in [4.69, 9.17) is 11.6 Å². The Labute approximate surface area is 239 Å². The summed E-state index contributed by atoms with van der Waals surface area (Å²) < 4.78 is 1.00. The Hall–Kier alpha value is -2.55. The zero-order valence-electron chi connectivity index (χ0n) is 20.6. The number of halogens is 2. The summed E-state index contributed by atoms with van der Waals surface area (Å²) in [6.07, 6.45) is 2.87. The molecule has 0 bridgehead atoms. The SMILES string of the molecule is O=C(c1cccc2c1N[C@@H](c1ccc(Br)cc1)[C@H]1C[C@@H](Sc3ccccc3[N+](=O)[O-])[C@@H](Cl)[C@@H]21)N1CCCC1. The van der Waals surface area contributed by atoms with E-state index < -0.39 is 0 Å². The molecule has 3 aliphatic rings. The van der Waals surface area contributed by atoms with Crippen LogP contribution in [0.15, 0.2) is 76.1 Å². The lowest BCUT2D eigenvalue weighted by atomic mass is 9.76. The fourth-order valence-electron chi connectivity index (χ4n) is 6.28. The second-order valence-corrected chi connectivity index (χ2v) is 12.9. The zero-order chi connectivity index (χ0) is 26.4. The number of amides is 1. The smallest absolute Gasteiger partial charge is 0.282 e. The first kappa shape index (κ1) is 25.7. The molecule has 196 valence electrons. The molecule has 3 aromatic carbocycles. The Morgan fingerprint density at radius 2 is 1.79 bits per heavy atom. The second kappa shape index (κ2) is 10.5. The molecule has 1 saturated carbocycles. The van der Waals surface area contributed by atoms with Crippen LogP contribution in [0.5, 0.6) is 0 Å². The summed E-state index contributed by atoms with van der Waals surface area (Å²) in [4.78, 5) is 27.5.